The van der Waals surface area contributed by atoms with Gasteiger partial charge in [-0.25, -0.2) is 0 Å². The van der Waals surface area contributed by atoms with Crippen LogP contribution in [0, 0.1) is 11.8 Å². The van der Waals surface area contributed by atoms with E-state index >= 15 is 0 Å². The molecule has 0 radical (unpaired) electrons. The van der Waals surface area contributed by atoms with Crippen molar-refractivity contribution >= 4 is 28.7 Å². The molecule has 4 heterocycles. The SMILES string of the molecule is CC(C)[C@@H](NC(=O)C1CCN(c2ccc3nncn3n2)CC1)c1cccs1. The number of rotatable bonds is 5. The molecule has 142 valence electrons. The number of hydrogen-bond donors (Lipinski definition) is 1. The first-order chi connectivity index (χ1) is 13.1. The van der Waals surface area contributed by atoms with Gasteiger partial charge in [-0.2, -0.15) is 4.52 Å². The molecule has 0 bridgehead atoms. The van der Waals surface area contributed by atoms with E-state index in [0.717, 1.165) is 37.4 Å². The van der Waals surface area contributed by atoms with E-state index in [2.05, 4.69) is 50.8 Å². The molecule has 27 heavy (non-hydrogen) atoms. The van der Waals surface area contributed by atoms with E-state index in [1.165, 1.54) is 4.88 Å². The van der Waals surface area contributed by atoms with E-state index in [1.807, 2.05) is 18.2 Å². The Morgan fingerprint density at radius 2 is 2.07 bits per heavy atom. The normalized spacial score (nSPS) is 16.8. The summed E-state index contributed by atoms with van der Waals surface area (Å²) in [6.07, 6.45) is 3.28. The van der Waals surface area contributed by atoms with Crippen LogP contribution in [-0.4, -0.2) is 38.8 Å². The Bertz CT molecular complexity index is 898. The monoisotopic (exact) mass is 384 g/mol. The predicted molar refractivity (Wildman–Crippen MR) is 106 cm³/mol. The Kier molecular flexibility index (Phi) is 5.07. The fourth-order valence-corrected chi connectivity index (χ4v) is 4.51. The number of amides is 1. The van der Waals surface area contributed by atoms with Crippen molar-refractivity contribution in [2.75, 3.05) is 18.0 Å². The van der Waals surface area contributed by atoms with Crippen molar-refractivity contribution < 1.29 is 4.79 Å². The van der Waals surface area contributed by atoms with E-state index < -0.39 is 0 Å². The van der Waals surface area contributed by atoms with Gasteiger partial charge in [-0.15, -0.1) is 26.6 Å². The summed E-state index contributed by atoms with van der Waals surface area (Å²) in [5, 5.41) is 17.7. The van der Waals surface area contributed by atoms with Crippen molar-refractivity contribution in [1.29, 1.82) is 0 Å². The van der Waals surface area contributed by atoms with E-state index in [0.29, 0.717) is 5.92 Å². The maximum absolute atomic E-state index is 12.8. The van der Waals surface area contributed by atoms with Crippen molar-refractivity contribution in [3.63, 3.8) is 0 Å². The second kappa shape index (κ2) is 7.64. The molecule has 8 heteroatoms. The van der Waals surface area contributed by atoms with Crippen LogP contribution >= 0.6 is 11.3 Å². The average Bonchev–Trinajstić information content (AvgIpc) is 3.36. The number of fused-ring (bicyclic) bond motifs is 1. The molecule has 0 unspecified atom stereocenters. The zero-order valence-electron chi connectivity index (χ0n) is 15.6. The molecular weight excluding hydrogens is 360 g/mol. The average molecular weight is 385 g/mol. The number of thiophene rings is 1. The van der Waals surface area contributed by atoms with Crippen LogP contribution in [0.3, 0.4) is 0 Å². The fraction of sp³-hybridized carbons (Fsp3) is 0.474. The fourth-order valence-electron chi connectivity index (χ4n) is 3.56. The van der Waals surface area contributed by atoms with Gasteiger partial charge in [-0.05, 0) is 42.3 Å². The van der Waals surface area contributed by atoms with Gasteiger partial charge < -0.3 is 10.2 Å². The van der Waals surface area contributed by atoms with Gasteiger partial charge in [-0.3, -0.25) is 4.79 Å². The molecule has 0 saturated carbocycles. The van der Waals surface area contributed by atoms with Gasteiger partial charge in [0.1, 0.15) is 12.1 Å². The third kappa shape index (κ3) is 3.80. The largest absolute Gasteiger partial charge is 0.355 e. The summed E-state index contributed by atoms with van der Waals surface area (Å²) in [6.45, 7) is 5.95. The molecule has 3 aromatic rings. The summed E-state index contributed by atoms with van der Waals surface area (Å²) in [5.41, 5.74) is 0.737. The van der Waals surface area contributed by atoms with Crippen molar-refractivity contribution in [3.05, 3.63) is 40.8 Å². The molecule has 4 rings (SSSR count). The van der Waals surface area contributed by atoms with Crippen molar-refractivity contribution in [2.45, 2.75) is 32.7 Å². The van der Waals surface area contributed by atoms with Gasteiger partial charge in [0, 0.05) is 23.9 Å². The predicted octanol–water partition coefficient (Wildman–Crippen LogP) is 2.92. The second-order valence-electron chi connectivity index (χ2n) is 7.33. The Labute approximate surface area is 162 Å². The maximum Gasteiger partial charge on any atom is 0.223 e. The smallest absolute Gasteiger partial charge is 0.223 e. The number of hydrogen-bond acceptors (Lipinski definition) is 6. The summed E-state index contributed by atoms with van der Waals surface area (Å²) < 4.78 is 1.68. The van der Waals surface area contributed by atoms with E-state index in [-0.39, 0.29) is 17.9 Å². The molecule has 0 aromatic carbocycles. The molecule has 1 saturated heterocycles. The Balaban J connectivity index is 1.37. The first-order valence-corrected chi connectivity index (χ1v) is 10.3. The number of aromatic nitrogens is 4. The summed E-state index contributed by atoms with van der Waals surface area (Å²) in [6, 6.07) is 8.12. The molecule has 7 nitrogen and oxygen atoms in total. The Morgan fingerprint density at radius 3 is 2.78 bits per heavy atom. The highest BCUT2D eigenvalue weighted by Crippen LogP contribution is 2.28. The molecule has 1 fully saturated rings. The van der Waals surface area contributed by atoms with E-state index in [1.54, 1.807) is 22.2 Å². The van der Waals surface area contributed by atoms with Crippen molar-refractivity contribution in [1.82, 2.24) is 25.1 Å². The summed E-state index contributed by atoms with van der Waals surface area (Å²) >= 11 is 1.70. The lowest BCUT2D eigenvalue weighted by molar-refractivity contribution is -0.126. The van der Waals surface area contributed by atoms with Crippen LogP contribution in [0.4, 0.5) is 5.82 Å². The third-order valence-corrected chi connectivity index (χ3v) is 6.11. The van der Waals surface area contributed by atoms with Crippen LogP contribution in [0.25, 0.3) is 5.65 Å². The Hall–Kier alpha value is -2.48. The number of carbonyl (C=O) groups is 1. The van der Waals surface area contributed by atoms with Crippen LogP contribution in [0.5, 0.6) is 0 Å². The van der Waals surface area contributed by atoms with E-state index in [9.17, 15) is 4.79 Å². The topological polar surface area (TPSA) is 75.4 Å². The van der Waals surface area contributed by atoms with Gasteiger partial charge in [0.2, 0.25) is 5.91 Å². The van der Waals surface area contributed by atoms with Gasteiger partial charge in [0.05, 0.1) is 6.04 Å². The highest BCUT2D eigenvalue weighted by atomic mass is 32.1. The molecule has 1 aliphatic rings. The number of nitrogens with one attached hydrogen (secondary N) is 1. The van der Waals surface area contributed by atoms with Gasteiger partial charge in [0.15, 0.2) is 5.65 Å². The number of nitrogens with zero attached hydrogens (tertiary/aromatic N) is 5. The maximum atomic E-state index is 12.8. The van der Waals surface area contributed by atoms with Gasteiger partial charge in [0.25, 0.3) is 0 Å². The highest BCUT2D eigenvalue weighted by molar-refractivity contribution is 7.10. The molecule has 1 N–H and O–H groups in total. The van der Waals surface area contributed by atoms with Gasteiger partial charge >= 0.3 is 0 Å². The molecule has 0 aliphatic carbocycles. The van der Waals surface area contributed by atoms with Crippen LogP contribution in [0.15, 0.2) is 36.0 Å². The molecular formula is C19H24N6OS. The molecule has 0 spiro atoms. The lowest BCUT2D eigenvalue weighted by Gasteiger charge is -2.33. The minimum atomic E-state index is 0.0566. The first-order valence-electron chi connectivity index (χ1n) is 9.37. The standard InChI is InChI=1S/C19H24N6OS/c1-13(2)18(15-4-3-11-27-15)21-19(26)14-7-9-24(10-8-14)17-6-5-16-22-20-12-25(16)23-17/h3-6,11-14,18H,7-10H2,1-2H3,(H,21,26)/t18-/m1/s1. The lowest BCUT2D eigenvalue weighted by atomic mass is 9.94. The first kappa shape index (κ1) is 17.9. The number of anilines is 1. The molecule has 1 atom stereocenters. The molecule has 1 amide bonds. The third-order valence-electron chi connectivity index (χ3n) is 5.15. The highest BCUT2D eigenvalue weighted by Gasteiger charge is 2.28. The molecule has 3 aromatic heterocycles. The van der Waals surface area contributed by atoms with Crippen LogP contribution < -0.4 is 10.2 Å². The minimum Gasteiger partial charge on any atom is -0.355 e. The van der Waals surface area contributed by atoms with E-state index in [4.69, 9.17) is 0 Å². The number of carbonyl (C=O) groups excluding carboxylic acids is 1. The van der Waals surface area contributed by atoms with Crippen molar-refractivity contribution in [2.24, 2.45) is 11.8 Å². The van der Waals surface area contributed by atoms with Crippen LogP contribution in [-0.2, 0) is 4.79 Å². The Morgan fingerprint density at radius 1 is 1.26 bits per heavy atom. The van der Waals surface area contributed by atoms with Gasteiger partial charge in [-0.1, -0.05) is 19.9 Å². The van der Waals surface area contributed by atoms with Crippen LogP contribution in [0.2, 0.25) is 0 Å². The second-order valence-corrected chi connectivity index (χ2v) is 8.31. The zero-order valence-corrected chi connectivity index (χ0v) is 16.4. The summed E-state index contributed by atoms with van der Waals surface area (Å²) in [7, 11) is 0. The quantitative estimate of drug-likeness (QED) is 0.732. The van der Waals surface area contributed by atoms with Crippen LogP contribution in [0.1, 0.15) is 37.6 Å². The summed E-state index contributed by atoms with van der Waals surface area (Å²) in [5.74, 6) is 1.50. The van der Waals surface area contributed by atoms with Crippen molar-refractivity contribution in [3.8, 4) is 0 Å². The molecule has 1 aliphatic heterocycles. The minimum absolute atomic E-state index is 0.0566. The zero-order chi connectivity index (χ0) is 18.8. The lowest BCUT2D eigenvalue weighted by Crippen LogP contribution is -2.42. The summed E-state index contributed by atoms with van der Waals surface area (Å²) in [4.78, 5) is 16.3. The number of piperidine rings is 1.